The van der Waals surface area contributed by atoms with Gasteiger partial charge in [-0.2, -0.15) is 5.26 Å². The highest BCUT2D eigenvalue weighted by Gasteiger charge is 2.17. The maximum Gasteiger partial charge on any atom is 0.417 e. The van der Waals surface area contributed by atoms with E-state index >= 15 is 0 Å². The summed E-state index contributed by atoms with van der Waals surface area (Å²) in [5.41, 5.74) is 1.59. The predicted octanol–water partition coefficient (Wildman–Crippen LogP) is 1.47. The lowest BCUT2D eigenvalue weighted by atomic mass is 10.2. The van der Waals surface area contributed by atoms with Crippen molar-refractivity contribution < 1.29 is 12.8 Å². The summed E-state index contributed by atoms with van der Waals surface area (Å²) in [4.78, 5) is 13.5. The van der Waals surface area contributed by atoms with Gasteiger partial charge in [0.25, 0.3) is 0 Å². The standard InChI is InChI=1S/C15H11N3O4S/c16-8-11-3-1-2-4-14(11)23(20,21)17-9-10-5-6-12-13(7-10)22-15(19)18-12/h1-7,17H,9H2,(H,18,19). The average Bonchev–Trinajstić information content (AvgIpc) is 2.92. The Kier molecular flexibility index (Phi) is 3.73. The van der Waals surface area contributed by atoms with E-state index in [-0.39, 0.29) is 17.0 Å². The van der Waals surface area contributed by atoms with Gasteiger partial charge in [0, 0.05) is 6.54 Å². The molecule has 3 rings (SSSR count). The summed E-state index contributed by atoms with van der Waals surface area (Å²) in [5.74, 6) is -0.569. The highest BCUT2D eigenvalue weighted by molar-refractivity contribution is 7.89. The first-order chi connectivity index (χ1) is 11.0. The van der Waals surface area contributed by atoms with Crippen LogP contribution in [0.15, 0.2) is 56.6 Å². The molecule has 0 aliphatic rings. The summed E-state index contributed by atoms with van der Waals surface area (Å²) in [6.45, 7) is 0.00687. The fraction of sp³-hybridized carbons (Fsp3) is 0.0667. The van der Waals surface area contributed by atoms with Gasteiger partial charge in [-0.1, -0.05) is 18.2 Å². The second-order valence-electron chi connectivity index (χ2n) is 4.78. The van der Waals surface area contributed by atoms with Gasteiger partial charge in [-0.05, 0) is 29.8 Å². The number of rotatable bonds is 4. The second-order valence-corrected chi connectivity index (χ2v) is 6.51. The lowest BCUT2D eigenvalue weighted by molar-refractivity contribution is 0.554. The molecule has 0 saturated heterocycles. The molecule has 0 spiro atoms. The number of hydrogen-bond acceptors (Lipinski definition) is 5. The third-order valence-electron chi connectivity index (χ3n) is 3.25. The van der Waals surface area contributed by atoms with Gasteiger partial charge in [-0.25, -0.2) is 17.9 Å². The van der Waals surface area contributed by atoms with Crippen molar-refractivity contribution in [3.05, 3.63) is 64.1 Å². The van der Waals surface area contributed by atoms with E-state index in [0.717, 1.165) is 0 Å². The number of aromatic amines is 1. The molecule has 7 nitrogen and oxygen atoms in total. The van der Waals surface area contributed by atoms with Gasteiger partial charge in [0.05, 0.1) is 16.0 Å². The molecule has 0 aliphatic carbocycles. The number of fused-ring (bicyclic) bond motifs is 1. The summed E-state index contributed by atoms with van der Waals surface area (Å²) >= 11 is 0. The molecule has 2 N–H and O–H groups in total. The molecular weight excluding hydrogens is 318 g/mol. The SMILES string of the molecule is N#Cc1ccccc1S(=O)(=O)NCc1ccc2[nH]c(=O)oc2c1. The van der Waals surface area contributed by atoms with Crippen molar-refractivity contribution in [1.29, 1.82) is 5.26 Å². The molecule has 0 unspecified atom stereocenters. The molecule has 3 aromatic rings. The smallest absolute Gasteiger partial charge is 0.408 e. The van der Waals surface area contributed by atoms with Crippen LogP contribution in [0.5, 0.6) is 0 Å². The number of sulfonamides is 1. The molecule has 0 saturated carbocycles. The van der Waals surface area contributed by atoms with E-state index < -0.39 is 15.8 Å². The van der Waals surface area contributed by atoms with Gasteiger partial charge in [0.1, 0.15) is 6.07 Å². The molecule has 2 aromatic carbocycles. The van der Waals surface area contributed by atoms with Crippen LogP contribution in [0.4, 0.5) is 0 Å². The van der Waals surface area contributed by atoms with E-state index in [0.29, 0.717) is 16.7 Å². The number of nitrogens with one attached hydrogen (secondary N) is 2. The van der Waals surface area contributed by atoms with Crippen LogP contribution in [0, 0.1) is 11.3 Å². The van der Waals surface area contributed by atoms with Crippen LogP contribution >= 0.6 is 0 Å². The summed E-state index contributed by atoms with van der Waals surface area (Å²) in [5, 5.41) is 9.00. The molecule has 0 amide bonds. The van der Waals surface area contributed by atoms with Crippen molar-refractivity contribution >= 4 is 21.1 Å². The number of oxazole rings is 1. The van der Waals surface area contributed by atoms with Crippen LogP contribution in [-0.2, 0) is 16.6 Å². The fourth-order valence-corrected chi connectivity index (χ4v) is 3.32. The zero-order valence-electron chi connectivity index (χ0n) is 11.7. The first-order valence-corrected chi connectivity index (χ1v) is 8.08. The Morgan fingerprint density at radius 3 is 2.78 bits per heavy atom. The summed E-state index contributed by atoms with van der Waals surface area (Å²) in [7, 11) is -3.82. The lowest BCUT2D eigenvalue weighted by Crippen LogP contribution is -2.24. The van der Waals surface area contributed by atoms with Gasteiger partial charge in [-0.3, -0.25) is 4.98 Å². The third-order valence-corrected chi connectivity index (χ3v) is 4.71. The number of nitrogens with zero attached hydrogens (tertiary/aromatic N) is 1. The molecular formula is C15H11N3O4S. The molecule has 0 radical (unpaired) electrons. The van der Waals surface area contributed by atoms with Crippen molar-refractivity contribution in [2.24, 2.45) is 0 Å². The Balaban J connectivity index is 1.86. The van der Waals surface area contributed by atoms with E-state index in [1.807, 2.05) is 6.07 Å². The Bertz CT molecular complexity index is 1070. The van der Waals surface area contributed by atoms with Gasteiger partial charge >= 0.3 is 5.76 Å². The van der Waals surface area contributed by atoms with Gasteiger partial charge in [-0.15, -0.1) is 0 Å². The highest BCUT2D eigenvalue weighted by Crippen LogP contribution is 2.16. The summed E-state index contributed by atoms with van der Waals surface area (Å²) in [6, 6.07) is 12.7. The summed E-state index contributed by atoms with van der Waals surface area (Å²) < 4.78 is 32.0. The Labute approximate surface area is 131 Å². The lowest BCUT2D eigenvalue weighted by Gasteiger charge is -2.08. The zero-order valence-corrected chi connectivity index (χ0v) is 12.6. The molecule has 116 valence electrons. The first kappa shape index (κ1) is 15.0. The van der Waals surface area contributed by atoms with Crippen LogP contribution in [0.3, 0.4) is 0 Å². The van der Waals surface area contributed by atoms with Gasteiger partial charge < -0.3 is 4.42 Å². The maximum atomic E-state index is 12.3. The average molecular weight is 329 g/mol. The number of nitriles is 1. The highest BCUT2D eigenvalue weighted by atomic mass is 32.2. The minimum atomic E-state index is -3.82. The molecule has 1 heterocycles. The maximum absolute atomic E-state index is 12.3. The minimum absolute atomic E-state index is 0.00687. The predicted molar refractivity (Wildman–Crippen MR) is 82.0 cm³/mol. The van der Waals surface area contributed by atoms with Crippen molar-refractivity contribution in [3.8, 4) is 6.07 Å². The van der Waals surface area contributed by atoms with E-state index in [4.69, 9.17) is 9.68 Å². The molecule has 8 heteroatoms. The van der Waals surface area contributed by atoms with Crippen LogP contribution in [-0.4, -0.2) is 13.4 Å². The van der Waals surface area contributed by atoms with E-state index in [9.17, 15) is 13.2 Å². The third kappa shape index (κ3) is 3.01. The van der Waals surface area contributed by atoms with E-state index in [1.54, 1.807) is 30.3 Å². The largest absolute Gasteiger partial charge is 0.417 e. The van der Waals surface area contributed by atoms with Crippen LogP contribution < -0.4 is 10.5 Å². The number of benzene rings is 2. The topological polar surface area (TPSA) is 116 Å². The normalized spacial score (nSPS) is 11.4. The number of hydrogen-bond donors (Lipinski definition) is 2. The first-order valence-electron chi connectivity index (χ1n) is 6.60. The van der Waals surface area contributed by atoms with Crippen LogP contribution in [0.25, 0.3) is 11.1 Å². The molecule has 0 atom stereocenters. The van der Waals surface area contributed by atoms with E-state index in [2.05, 4.69) is 9.71 Å². The Morgan fingerprint density at radius 1 is 1.22 bits per heavy atom. The quantitative estimate of drug-likeness (QED) is 0.752. The zero-order chi connectivity index (χ0) is 16.4. The number of aromatic nitrogens is 1. The Hall–Kier alpha value is -2.89. The monoisotopic (exact) mass is 329 g/mol. The molecule has 0 bridgehead atoms. The van der Waals surface area contributed by atoms with Crippen molar-refractivity contribution in [2.45, 2.75) is 11.4 Å². The summed E-state index contributed by atoms with van der Waals surface area (Å²) in [6.07, 6.45) is 0. The fourth-order valence-electron chi connectivity index (χ4n) is 2.15. The molecule has 0 fully saturated rings. The second kappa shape index (κ2) is 5.72. The van der Waals surface area contributed by atoms with Crippen LogP contribution in [0.1, 0.15) is 11.1 Å². The van der Waals surface area contributed by atoms with Crippen molar-refractivity contribution in [1.82, 2.24) is 9.71 Å². The molecule has 0 aliphatic heterocycles. The molecule has 23 heavy (non-hydrogen) atoms. The van der Waals surface area contributed by atoms with Gasteiger partial charge in [0.15, 0.2) is 5.58 Å². The Morgan fingerprint density at radius 2 is 2.00 bits per heavy atom. The number of H-pyrrole nitrogens is 1. The van der Waals surface area contributed by atoms with Gasteiger partial charge in [0.2, 0.25) is 10.0 Å². The van der Waals surface area contributed by atoms with Crippen LogP contribution in [0.2, 0.25) is 0 Å². The van der Waals surface area contributed by atoms with E-state index in [1.165, 1.54) is 12.1 Å². The minimum Gasteiger partial charge on any atom is -0.408 e. The van der Waals surface area contributed by atoms with Crippen molar-refractivity contribution in [3.63, 3.8) is 0 Å². The van der Waals surface area contributed by atoms with Crippen molar-refractivity contribution in [2.75, 3.05) is 0 Å². The molecule has 1 aromatic heterocycles.